The lowest BCUT2D eigenvalue weighted by atomic mass is 9.45. The van der Waals surface area contributed by atoms with Gasteiger partial charge in [0.1, 0.15) is 0 Å². The smallest absolute Gasteiger partial charge is 0.183 e. The van der Waals surface area contributed by atoms with Gasteiger partial charge in [0.15, 0.2) is 12.6 Å². The molecule has 0 radical (unpaired) electrons. The Morgan fingerprint density at radius 1 is 1.25 bits per heavy atom. The van der Waals surface area contributed by atoms with Crippen LogP contribution in [-0.2, 0) is 14.2 Å². The highest BCUT2D eigenvalue weighted by Gasteiger charge is 2.57. The predicted octanol–water partition coefficient (Wildman–Crippen LogP) is 5.22. The number of fused-ring (bicyclic) bond motifs is 1. The number of aliphatic hydroxyl groups excluding tert-OH is 1. The summed E-state index contributed by atoms with van der Waals surface area (Å²) in [7, 11) is 0. The lowest BCUT2D eigenvalue weighted by Crippen LogP contribution is -2.57. The van der Waals surface area contributed by atoms with Gasteiger partial charge >= 0.3 is 0 Å². The molecule has 160 valence electrons. The van der Waals surface area contributed by atoms with E-state index in [1.807, 2.05) is 13.8 Å². The molecule has 1 heterocycles. The van der Waals surface area contributed by atoms with Crippen molar-refractivity contribution in [1.29, 1.82) is 0 Å². The first-order chi connectivity index (χ1) is 13.3. The maximum atomic E-state index is 11.0. The van der Waals surface area contributed by atoms with Crippen LogP contribution in [0, 0.1) is 22.7 Å². The Bertz CT molecular complexity index is 599. The molecule has 0 aromatic heterocycles. The van der Waals surface area contributed by atoms with Gasteiger partial charge in [0.25, 0.3) is 0 Å². The van der Waals surface area contributed by atoms with E-state index in [0.29, 0.717) is 25.0 Å². The molecule has 0 bridgehead atoms. The summed E-state index contributed by atoms with van der Waals surface area (Å²) in [6.45, 7) is 16.7. The lowest BCUT2D eigenvalue weighted by Gasteiger charge is -2.60. The zero-order valence-corrected chi connectivity index (χ0v) is 18.5. The molecular formula is C24H40O4. The van der Waals surface area contributed by atoms with Crippen LogP contribution in [0.1, 0.15) is 73.1 Å². The number of aliphatic hydroxyl groups is 1. The van der Waals surface area contributed by atoms with E-state index in [-0.39, 0.29) is 29.5 Å². The molecule has 0 saturated heterocycles. The zero-order valence-electron chi connectivity index (χ0n) is 18.5. The first-order valence-electron chi connectivity index (χ1n) is 11.2. The second-order valence-corrected chi connectivity index (χ2v) is 9.48. The van der Waals surface area contributed by atoms with Crippen molar-refractivity contribution in [3.05, 3.63) is 23.8 Å². The number of ether oxygens (including phenoxy) is 3. The summed E-state index contributed by atoms with van der Waals surface area (Å²) in [5, 5.41) is 11.0. The average molecular weight is 393 g/mol. The average Bonchev–Trinajstić information content (AvgIpc) is 3.03. The van der Waals surface area contributed by atoms with E-state index in [1.165, 1.54) is 24.0 Å². The van der Waals surface area contributed by atoms with Crippen molar-refractivity contribution in [2.75, 3.05) is 13.2 Å². The summed E-state index contributed by atoms with van der Waals surface area (Å²) in [6, 6.07) is 0. The third-order valence-corrected chi connectivity index (χ3v) is 8.16. The molecule has 3 rings (SSSR count). The standard InChI is InChI=1S/C24H40O4/c1-7-26-21-15-18(22(28-21)27-8-2)12-13-23(5)17(4)14-20(25)24(6)16(3)10-9-11-19(23)24/h15,17,19-22,25H,3,7-14H2,1-2,4-6H3/t17-,19-,20+,21-,22+,23+,24+/m1/s1. The highest BCUT2D eigenvalue weighted by molar-refractivity contribution is 5.22. The van der Waals surface area contributed by atoms with Gasteiger partial charge in [-0.2, -0.15) is 0 Å². The molecule has 2 saturated carbocycles. The summed E-state index contributed by atoms with van der Waals surface area (Å²) in [5.74, 6) is 0.943. The van der Waals surface area contributed by atoms with Crippen LogP contribution in [0.4, 0.5) is 0 Å². The van der Waals surface area contributed by atoms with Gasteiger partial charge in [0.05, 0.1) is 6.10 Å². The fraction of sp³-hybridized carbons (Fsp3) is 0.833. The molecule has 1 N–H and O–H groups in total. The Hall–Kier alpha value is -0.680. The van der Waals surface area contributed by atoms with Crippen molar-refractivity contribution in [2.24, 2.45) is 22.7 Å². The molecule has 3 aliphatic rings. The molecular weight excluding hydrogens is 352 g/mol. The Labute approximate surface area is 171 Å². The molecule has 2 aliphatic carbocycles. The number of rotatable bonds is 7. The van der Waals surface area contributed by atoms with Crippen LogP contribution in [0.5, 0.6) is 0 Å². The van der Waals surface area contributed by atoms with Crippen LogP contribution in [-0.4, -0.2) is 37.0 Å². The van der Waals surface area contributed by atoms with Gasteiger partial charge in [-0.05, 0) is 81.3 Å². The van der Waals surface area contributed by atoms with Gasteiger partial charge in [0.2, 0.25) is 0 Å². The van der Waals surface area contributed by atoms with E-state index in [4.69, 9.17) is 14.2 Å². The van der Waals surface area contributed by atoms with E-state index < -0.39 is 0 Å². The number of hydrogen-bond donors (Lipinski definition) is 1. The van der Waals surface area contributed by atoms with Gasteiger partial charge in [-0.3, -0.25) is 0 Å². The molecule has 0 spiro atoms. The van der Waals surface area contributed by atoms with Crippen LogP contribution in [0.15, 0.2) is 23.8 Å². The van der Waals surface area contributed by atoms with Crippen LogP contribution in [0.3, 0.4) is 0 Å². The van der Waals surface area contributed by atoms with Crippen LogP contribution in [0.25, 0.3) is 0 Å². The minimum absolute atomic E-state index is 0.159. The second kappa shape index (κ2) is 8.59. The normalized spacial score (nSPS) is 43.7. The minimum atomic E-state index is -0.297. The monoisotopic (exact) mass is 392 g/mol. The molecule has 28 heavy (non-hydrogen) atoms. The van der Waals surface area contributed by atoms with E-state index >= 15 is 0 Å². The van der Waals surface area contributed by atoms with Crippen molar-refractivity contribution in [2.45, 2.75) is 91.8 Å². The fourth-order valence-corrected chi connectivity index (χ4v) is 6.10. The maximum absolute atomic E-state index is 11.0. The second-order valence-electron chi connectivity index (χ2n) is 9.48. The van der Waals surface area contributed by atoms with Crippen LogP contribution in [0.2, 0.25) is 0 Å². The minimum Gasteiger partial charge on any atom is -0.392 e. The van der Waals surface area contributed by atoms with Crippen molar-refractivity contribution < 1.29 is 19.3 Å². The fourth-order valence-electron chi connectivity index (χ4n) is 6.10. The Kier molecular flexibility index (Phi) is 6.75. The van der Waals surface area contributed by atoms with E-state index in [1.54, 1.807) is 0 Å². The SMILES string of the molecule is C=C1CCC[C@@H]2[C@@](C)(CCC3=C[C@H](OCC)O[C@@H]3OCC)[C@H](C)C[C@H](O)[C@@]12C. The molecule has 0 aromatic rings. The van der Waals surface area contributed by atoms with Gasteiger partial charge in [-0.15, -0.1) is 0 Å². The summed E-state index contributed by atoms with van der Waals surface area (Å²) in [5.41, 5.74) is 2.46. The highest BCUT2D eigenvalue weighted by atomic mass is 16.8. The van der Waals surface area contributed by atoms with Gasteiger partial charge in [0, 0.05) is 18.6 Å². The summed E-state index contributed by atoms with van der Waals surface area (Å²) < 4.78 is 17.4. The van der Waals surface area contributed by atoms with Crippen molar-refractivity contribution in [3.8, 4) is 0 Å². The zero-order chi connectivity index (χ0) is 20.5. The summed E-state index contributed by atoms with van der Waals surface area (Å²) in [6.07, 6.45) is 7.54. The molecule has 4 heteroatoms. The van der Waals surface area contributed by atoms with Crippen molar-refractivity contribution >= 4 is 0 Å². The lowest BCUT2D eigenvalue weighted by molar-refractivity contribution is -0.194. The van der Waals surface area contributed by atoms with Gasteiger partial charge in [-0.25, -0.2) is 0 Å². The molecule has 0 unspecified atom stereocenters. The highest BCUT2D eigenvalue weighted by Crippen LogP contribution is 2.62. The first kappa shape index (κ1) is 22.0. The van der Waals surface area contributed by atoms with E-state index in [9.17, 15) is 5.11 Å². The van der Waals surface area contributed by atoms with Crippen molar-refractivity contribution in [3.63, 3.8) is 0 Å². The van der Waals surface area contributed by atoms with Crippen LogP contribution < -0.4 is 0 Å². The predicted molar refractivity (Wildman–Crippen MR) is 112 cm³/mol. The molecule has 2 fully saturated rings. The topological polar surface area (TPSA) is 47.9 Å². The van der Waals surface area contributed by atoms with E-state index in [0.717, 1.165) is 25.7 Å². The molecule has 0 amide bonds. The van der Waals surface area contributed by atoms with Crippen molar-refractivity contribution in [1.82, 2.24) is 0 Å². The largest absolute Gasteiger partial charge is 0.392 e. The Balaban J connectivity index is 1.79. The van der Waals surface area contributed by atoms with Gasteiger partial charge < -0.3 is 19.3 Å². The van der Waals surface area contributed by atoms with E-state index in [2.05, 4.69) is 33.4 Å². The molecule has 1 aliphatic heterocycles. The molecule has 7 atom stereocenters. The molecule has 0 aromatic carbocycles. The third-order valence-electron chi connectivity index (χ3n) is 8.16. The quantitative estimate of drug-likeness (QED) is 0.604. The first-order valence-corrected chi connectivity index (χ1v) is 11.2. The van der Waals surface area contributed by atoms with Crippen LogP contribution >= 0.6 is 0 Å². The number of hydrogen-bond acceptors (Lipinski definition) is 4. The summed E-state index contributed by atoms with van der Waals surface area (Å²) in [4.78, 5) is 0. The maximum Gasteiger partial charge on any atom is 0.183 e. The summed E-state index contributed by atoms with van der Waals surface area (Å²) >= 11 is 0. The van der Waals surface area contributed by atoms with Gasteiger partial charge in [-0.1, -0.05) is 32.9 Å². The third kappa shape index (κ3) is 3.74. The molecule has 4 nitrogen and oxygen atoms in total. The Morgan fingerprint density at radius 2 is 1.96 bits per heavy atom. The Morgan fingerprint density at radius 3 is 2.64 bits per heavy atom.